The van der Waals surface area contributed by atoms with E-state index in [0.717, 1.165) is 29.3 Å². The van der Waals surface area contributed by atoms with Crippen molar-refractivity contribution in [3.63, 3.8) is 0 Å². The summed E-state index contributed by atoms with van der Waals surface area (Å²) in [4.78, 5) is 19.3. The van der Waals surface area contributed by atoms with Crippen molar-refractivity contribution in [1.29, 1.82) is 0 Å². The van der Waals surface area contributed by atoms with Crippen LogP contribution in [0, 0.1) is 0 Å². The third kappa shape index (κ3) is 2.12. The SMILES string of the molecule is CSc1ncc2c(n1)C(CC(=O)O)CC2. The first-order valence-electron chi connectivity index (χ1n) is 4.82. The van der Waals surface area contributed by atoms with E-state index < -0.39 is 5.97 Å². The van der Waals surface area contributed by atoms with Crippen LogP contribution < -0.4 is 0 Å². The summed E-state index contributed by atoms with van der Waals surface area (Å²) in [6, 6.07) is 0. The summed E-state index contributed by atoms with van der Waals surface area (Å²) in [6.07, 6.45) is 5.72. The molecule has 0 amide bonds. The monoisotopic (exact) mass is 224 g/mol. The van der Waals surface area contributed by atoms with Crippen molar-refractivity contribution in [3.8, 4) is 0 Å². The molecule has 15 heavy (non-hydrogen) atoms. The van der Waals surface area contributed by atoms with E-state index in [1.165, 1.54) is 11.8 Å². The second-order valence-corrected chi connectivity index (χ2v) is 4.37. The van der Waals surface area contributed by atoms with Gasteiger partial charge in [0.25, 0.3) is 0 Å². The molecule has 0 bridgehead atoms. The Morgan fingerprint density at radius 1 is 1.73 bits per heavy atom. The first-order valence-corrected chi connectivity index (χ1v) is 6.04. The molecule has 80 valence electrons. The number of nitrogens with zero attached hydrogens (tertiary/aromatic N) is 2. The first kappa shape index (κ1) is 10.4. The number of hydrogen-bond donors (Lipinski definition) is 1. The topological polar surface area (TPSA) is 63.1 Å². The van der Waals surface area contributed by atoms with E-state index in [2.05, 4.69) is 9.97 Å². The van der Waals surface area contributed by atoms with Gasteiger partial charge in [0.1, 0.15) is 0 Å². The van der Waals surface area contributed by atoms with Gasteiger partial charge in [-0.25, -0.2) is 9.97 Å². The molecule has 1 heterocycles. The Labute approximate surface area is 92.1 Å². The van der Waals surface area contributed by atoms with E-state index >= 15 is 0 Å². The van der Waals surface area contributed by atoms with Crippen molar-refractivity contribution >= 4 is 17.7 Å². The molecule has 1 aromatic rings. The number of fused-ring (bicyclic) bond motifs is 1. The Morgan fingerprint density at radius 3 is 3.20 bits per heavy atom. The number of aliphatic carboxylic acids is 1. The number of carbonyl (C=O) groups is 1. The maximum Gasteiger partial charge on any atom is 0.304 e. The molecule has 5 heteroatoms. The predicted molar refractivity (Wildman–Crippen MR) is 57.1 cm³/mol. The molecule has 0 radical (unpaired) electrons. The number of carboxylic acid groups (broad SMARTS) is 1. The fourth-order valence-corrected chi connectivity index (χ4v) is 2.27. The van der Waals surface area contributed by atoms with Gasteiger partial charge in [0.15, 0.2) is 5.16 Å². The fourth-order valence-electron chi connectivity index (χ4n) is 1.92. The zero-order chi connectivity index (χ0) is 10.8. The lowest BCUT2D eigenvalue weighted by Gasteiger charge is -2.07. The Balaban J connectivity index is 2.27. The van der Waals surface area contributed by atoms with Gasteiger partial charge in [-0.3, -0.25) is 4.79 Å². The minimum Gasteiger partial charge on any atom is -0.481 e. The Kier molecular flexibility index (Phi) is 2.90. The van der Waals surface area contributed by atoms with Crippen molar-refractivity contribution in [3.05, 3.63) is 17.5 Å². The Bertz CT molecular complexity index is 395. The van der Waals surface area contributed by atoms with Gasteiger partial charge in [0.2, 0.25) is 0 Å². The number of hydrogen-bond acceptors (Lipinski definition) is 4. The van der Waals surface area contributed by atoms with Crippen molar-refractivity contribution in [2.75, 3.05) is 6.26 Å². The molecule has 4 nitrogen and oxygen atoms in total. The molecule has 1 aromatic heterocycles. The number of aryl methyl sites for hydroxylation is 1. The molecule has 0 aliphatic heterocycles. The molecular formula is C10H12N2O2S. The van der Waals surface area contributed by atoms with Gasteiger partial charge in [-0.15, -0.1) is 0 Å². The average Bonchev–Trinajstić information content (AvgIpc) is 2.60. The van der Waals surface area contributed by atoms with Crippen LogP contribution in [0.3, 0.4) is 0 Å². The van der Waals surface area contributed by atoms with Crippen LogP contribution in [0.15, 0.2) is 11.4 Å². The lowest BCUT2D eigenvalue weighted by atomic mass is 10.0. The van der Waals surface area contributed by atoms with Crippen LogP contribution in [-0.2, 0) is 11.2 Å². The van der Waals surface area contributed by atoms with E-state index in [1.54, 1.807) is 0 Å². The molecule has 0 fully saturated rings. The molecular weight excluding hydrogens is 212 g/mol. The smallest absolute Gasteiger partial charge is 0.304 e. The molecule has 0 saturated carbocycles. The van der Waals surface area contributed by atoms with Gasteiger partial charge in [0.05, 0.1) is 12.1 Å². The summed E-state index contributed by atoms with van der Waals surface area (Å²) in [5, 5.41) is 9.51. The van der Waals surface area contributed by atoms with Crippen molar-refractivity contribution in [1.82, 2.24) is 9.97 Å². The maximum atomic E-state index is 10.7. The molecule has 2 rings (SSSR count). The second kappa shape index (κ2) is 4.18. The van der Waals surface area contributed by atoms with Gasteiger partial charge in [-0.05, 0) is 24.7 Å². The largest absolute Gasteiger partial charge is 0.481 e. The summed E-state index contributed by atoms with van der Waals surface area (Å²) in [6.45, 7) is 0. The summed E-state index contributed by atoms with van der Waals surface area (Å²) in [7, 11) is 0. The lowest BCUT2D eigenvalue weighted by molar-refractivity contribution is -0.137. The molecule has 1 aliphatic rings. The molecule has 0 saturated heterocycles. The van der Waals surface area contributed by atoms with E-state index in [1.807, 2.05) is 12.5 Å². The minimum absolute atomic E-state index is 0.0754. The van der Waals surface area contributed by atoms with E-state index in [-0.39, 0.29) is 12.3 Å². The van der Waals surface area contributed by atoms with Gasteiger partial charge in [-0.1, -0.05) is 11.8 Å². The molecule has 1 unspecified atom stereocenters. The van der Waals surface area contributed by atoms with E-state index in [0.29, 0.717) is 0 Å². The maximum absolute atomic E-state index is 10.7. The van der Waals surface area contributed by atoms with Crippen LogP contribution in [0.2, 0.25) is 0 Å². The summed E-state index contributed by atoms with van der Waals surface area (Å²) in [5.41, 5.74) is 2.05. The molecule has 1 atom stereocenters. The standard InChI is InChI=1S/C10H12N2O2S/c1-15-10-11-5-7-3-2-6(4-8(13)14)9(7)12-10/h5-6H,2-4H2,1H3,(H,13,14). The van der Waals surface area contributed by atoms with Crippen LogP contribution in [0.4, 0.5) is 0 Å². The predicted octanol–water partition coefficient (Wildman–Crippen LogP) is 1.70. The second-order valence-electron chi connectivity index (χ2n) is 3.60. The van der Waals surface area contributed by atoms with Crippen molar-refractivity contribution in [2.45, 2.75) is 30.3 Å². The highest BCUT2D eigenvalue weighted by Crippen LogP contribution is 2.34. The van der Waals surface area contributed by atoms with Crippen LogP contribution in [-0.4, -0.2) is 27.3 Å². The first-order chi connectivity index (χ1) is 7.20. The molecule has 0 spiro atoms. The molecule has 0 aromatic carbocycles. The fraction of sp³-hybridized carbons (Fsp3) is 0.500. The Hall–Kier alpha value is -1.10. The molecule has 1 aliphatic carbocycles. The summed E-state index contributed by atoms with van der Waals surface area (Å²) < 4.78 is 0. The zero-order valence-corrected chi connectivity index (χ0v) is 9.25. The van der Waals surface area contributed by atoms with Crippen molar-refractivity contribution < 1.29 is 9.90 Å². The van der Waals surface area contributed by atoms with E-state index in [9.17, 15) is 4.79 Å². The highest BCUT2D eigenvalue weighted by atomic mass is 32.2. The van der Waals surface area contributed by atoms with Crippen LogP contribution in [0.5, 0.6) is 0 Å². The van der Waals surface area contributed by atoms with Crippen molar-refractivity contribution in [2.24, 2.45) is 0 Å². The number of thioether (sulfide) groups is 1. The van der Waals surface area contributed by atoms with Gasteiger partial charge < -0.3 is 5.11 Å². The van der Waals surface area contributed by atoms with E-state index in [4.69, 9.17) is 5.11 Å². The normalized spacial score (nSPS) is 18.9. The average molecular weight is 224 g/mol. The quantitative estimate of drug-likeness (QED) is 0.625. The summed E-state index contributed by atoms with van der Waals surface area (Å²) >= 11 is 1.49. The van der Waals surface area contributed by atoms with Gasteiger partial charge in [-0.2, -0.15) is 0 Å². The van der Waals surface area contributed by atoms with Gasteiger partial charge in [0, 0.05) is 12.1 Å². The van der Waals surface area contributed by atoms with Crippen LogP contribution in [0.25, 0.3) is 0 Å². The number of carboxylic acids is 1. The zero-order valence-electron chi connectivity index (χ0n) is 8.43. The summed E-state index contributed by atoms with van der Waals surface area (Å²) in [5.74, 6) is -0.677. The lowest BCUT2D eigenvalue weighted by Crippen LogP contribution is -2.05. The van der Waals surface area contributed by atoms with Gasteiger partial charge >= 0.3 is 5.97 Å². The highest BCUT2D eigenvalue weighted by Gasteiger charge is 2.26. The number of rotatable bonds is 3. The minimum atomic E-state index is -0.753. The number of aromatic nitrogens is 2. The third-order valence-corrected chi connectivity index (χ3v) is 3.19. The molecule has 1 N–H and O–H groups in total. The highest BCUT2D eigenvalue weighted by molar-refractivity contribution is 7.98. The Morgan fingerprint density at radius 2 is 2.53 bits per heavy atom. The third-order valence-electron chi connectivity index (χ3n) is 2.63. The van der Waals surface area contributed by atoms with Crippen LogP contribution in [0.1, 0.15) is 30.0 Å². The van der Waals surface area contributed by atoms with Crippen LogP contribution >= 0.6 is 11.8 Å².